The summed E-state index contributed by atoms with van der Waals surface area (Å²) in [5.41, 5.74) is -1.47. The number of hydrogen-bond donors (Lipinski definition) is 0. The van der Waals surface area contributed by atoms with Crippen LogP contribution in [0.15, 0.2) is 61.2 Å². The number of hydrogen-bond acceptors (Lipinski definition) is 2. The molecule has 2 nitrogen and oxygen atoms in total. The van der Waals surface area contributed by atoms with Gasteiger partial charge in [-0.05, 0) is 123 Å². The molecule has 0 radical (unpaired) electrons. The van der Waals surface area contributed by atoms with Crippen LogP contribution >= 0.6 is 0 Å². The molecular weight excluding hydrogens is 576 g/mol. The fraction of sp³-hybridized carbons (Fsp3) is 0.417. The molecule has 0 spiro atoms. The first kappa shape index (κ1) is 31.7. The summed E-state index contributed by atoms with van der Waals surface area (Å²) in [6.45, 7) is 3.81. The molecule has 5 rings (SSSR count). The molecule has 8 heteroatoms. The van der Waals surface area contributed by atoms with E-state index in [0.29, 0.717) is 23.5 Å². The maximum absolute atomic E-state index is 15.1. The molecule has 44 heavy (non-hydrogen) atoms. The second-order valence-corrected chi connectivity index (χ2v) is 12.2. The number of halogens is 6. The van der Waals surface area contributed by atoms with Crippen LogP contribution in [0.4, 0.5) is 26.3 Å². The molecule has 3 aromatic rings. The SMILES string of the molecule is C=CCCC1CCC(C2CCC(c3cc(F)c(C(F)(F)Oc4ccc(-c5ccc(C#N)c(F)c5)c(F)c4)c(F)c3)CC2)CC1. The lowest BCUT2D eigenvalue weighted by Gasteiger charge is -2.38. The molecule has 0 heterocycles. The van der Waals surface area contributed by atoms with Gasteiger partial charge in [0.25, 0.3) is 0 Å². The average Bonchev–Trinajstić information content (AvgIpc) is 2.99. The molecular formula is C36H35F6NO. The second-order valence-electron chi connectivity index (χ2n) is 12.2. The molecule has 2 aliphatic carbocycles. The van der Waals surface area contributed by atoms with Gasteiger partial charge in [0.1, 0.15) is 40.7 Å². The molecule has 3 aromatic carbocycles. The lowest BCUT2D eigenvalue weighted by Crippen LogP contribution is -2.27. The number of ether oxygens (including phenoxy) is 1. The van der Waals surface area contributed by atoms with Crippen molar-refractivity contribution in [1.82, 2.24) is 0 Å². The summed E-state index contributed by atoms with van der Waals surface area (Å²) in [6.07, 6.45) is 8.11. The molecule has 0 bridgehead atoms. The minimum atomic E-state index is -4.43. The third-order valence-corrected chi connectivity index (χ3v) is 9.52. The van der Waals surface area contributed by atoms with Crippen LogP contribution in [0.1, 0.15) is 86.8 Å². The van der Waals surface area contributed by atoms with Gasteiger partial charge in [-0.2, -0.15) is 14.0 Å². The van der Waals surface area contributed by atoms with Gasteiger partial charge in [-0.1, -0.05) is 25.0 Å². The van der Waals surface area contributed by atoms with Crippen molar-refractivity contribution >= 4 is 0 Å². The molecule has 2 fully saturated rings. The Bertz CT molecular complexity index is 1510. The smallest absolute Gasteiger partial charge is 0.429 e. The molecule has 0 unspecified atom stereocenters. The third-order valence-electron chi connectivity index (χ3n) is 9.52. The van der Waals surface area contributed by atoms with Crippen LogP contribution in [-0.2, 0) is 6.11 Å². The Balaban J connectivity index is 1.23. The summed E-state index contributed by atoms with van der Waals surface area (Å²) in [4.78, 5) is 0. The Labute approximate surface area is 254 Å². The zero-order valence-electron chi connectivity index (χ0n) is 24.4. The fourth-order valence-electron chi connectivity index (χ4n) is 7.10. The van der Waals surface area contributed by atoms with E-state index in [1.165, 1.54) is 44.2 Å². The van der Waals surface area contributed by atoms with E-state index in [1.807, 2.05) is 6.08 Å². The molecule has 2 aliphatic rings. The molecule has 0 aromatic heterocycles. The monoisotopic (exact) mass is 611 g/mol. The number of rotatable bonds is 9. The third kappa shape index (κ3) is 6.98. The highest BCUT2D eigenvalue weighted by atomic mass is 19.3. The number of allylic oxidation sites excluding steroid dienone is 1. The summed E-state index contributed by atoms with van der Waals surface area (Å²) in [5.74, 6) is -3.48. The van der Waals surface area contributed by atoms with Gasteiger partial charge in [0.05, 0.1) is 5.56 Å². The highest BCUT2D eigenvalue weighted by Gasteiger charge is 2.42. The van der Waals surface area contributed by atoms with Gasteiger partial charge in [-0.3, -0.25) is 0 Å². The van der Waals surface area contributed by atoms with Gasteiger partial charge >= 0.3 is 6.11 Å². The summed E-state index contributed by atoms with van der Waals surface area (Å²) < 4.78 is 93.7. The van der Waals surface area contributed by atoms with Crippen molar-refractivity contribution in [3.05, 3.63) is 101 Å². The average molecular weight is 612 g/mol. The molecule has 0 atom stereocenters. The van der Waals surface area contributed by atoms with Crippen molar-refractivity contribution in [2.45, 2.75) is 76.2 Å². The Morgan fingerprint density at radius 1 is 0.795 bits per heavy atom. The predicted molar refractivity (Wildman–Crippen MR) is 157 cm³/mol. The van der Waals surface area contributed by atoms with Crippen LogP contribution in [0.25, 0.3) is 11.1 Å². The Morgan fingerprint density at radius 3 is 2.00 bits per heavy atom. The van der Waals surface area contributed by atoms with Crippen LogP contribution < -0.4 is 4.74 Å². The normalized spacial score (nSPS) is 22.3. The summed E-state index contributed by atoms with van der Waals surface area (Å²) in [5, 5.41) is 8.87. The second kappa shape index (κ2) is 13.5. The van der Waals surface area contributed by atoms with Gasteiger partial charge in [0.2, 0.25) is 0 Å². The molecule has 0 saturated heterocycles. The van der Waals surface area contributed by atoms with E-state index in [4.69, 9.17) is 5.26 Å². The van der Waals surface area contributed by atoms with Gasteiger partial charge in [-0.15, -0.1) is 6.58 Å². The minimum Gasteiger partial charge on any atom is -0.429 e. The zero-order chi connectivity index (χ0) is 31.4. The number of alkyl halides is 2. The first-order valence-corrected chi connectivity index (χ1v) is 15.3. The van der Waals surface area contributed by atoms with Crippen LogP contribution in [0.2, 0.25) is 0 Å². The van der Waals surface area contributed by atoms with Gasteiger partial charge < -0.3 is 4.74 Å². The van der Waals surface area contributed by atoms with Gasteiger partial charge in [0.15, 0.2) is 0 Å². The van der Waals surface area contributed by atoms with Crippen molar-refractivity contribution in [2.24, 2.45) is 17.8 Å². The lowest BCUT2D eigenvalue weighted by atomic mass is 9.68. The number of benzene rings is 3. The van der Waals surface area contributed by atoms with Crippen molar-refractivity contribution < 1.29 is 31.1 Å². The van der Waals surface area contributed by atoms with Crippen molar-refractivity contribution in [3.63, 3.8) is 0 Å². The van der Waals surface area contributed by atoms with Crippen LogP contribution in [0.3, 0.4) is 0 Å². The number of nitrogens with zero attached hydrogens (tertiary/aromatic N) is 1. The van der Waals surface area contributed by atoms with E-state index in [2.05, 4.69) is 11.3 Å². The first-order chi connectivity index (χ1) is 21.1. The summed E-state index contributed by atoms with van der Waals surface area (Å²) in [7, 11) is 0. The fourth-order valence-corrected chi connectivity index (χ4v) is 7.10. The molecule has 2 saturated carbocycles. The molecule has 0 aliphatic heterocycles. The largest absolute Gasteiger partial charge is 0.432 e. The molecule has 232 valence electrons. The van der Waals surface area contributed by atoms with Crippen LogP contribution in [-0.4, -0.2) is 0 Å². The quantitative estimate of drug-likeness (QED) is 0.178. The van der Waals surface area contributed by atoms with Gasteiger partial charge in [-0.25, -0.2) is 17.6 Å². The van der Waals surface area contributed by atoms with Crippen molar-refractivity contribution in [2.75, 3.05) is 0 Å². The van der Waals surface area contributed by atoms with Crippen LogP contribution in [0, 0.1) is 52.4 Å². The Morgan fingerprint density at radius 2 is 1.43 bits per heavy atom. The van der Waals surface area contributed by atoms with E-state index in [9.17, 15) is 8.78 Å². The predicted octanol–water partition coefficient (Wildman–Crippen LogP) is 11.0. The van der Waals surface area contributed by atoms with Crippen molar-refractivity contribution in [1.29, 1.82) is 5.26 Å². The molecule has 0 N–H and O–H groups in total. The Kier molecular flexibility index (Phi) is 9.72. The first-order valence-electron chi connectivity index (χ1n) is 15.3. The Hall–Kier alpha value is -3.73. The molecule has 0 amide bonds. The minimum absolute atomic E-state index is 0.0747. The maximum atomic E-state index is 15.1. The zero-order valence-corrected chi connectivity index (χ0v) is 24.4. The summed E-state index contributed by atoms with van der Waals surface area (Å²) in [6, 6.07) is 9.73. The highest BCUT2D eigenvalue weighted by Crippen LogP contribution is 2.45. The standard InChI is InChI=1S/C36H35F6NO/c1-2-3-4-22-5-7-23(8-6-22)24-9-11-25(12-10-24)28-18-33(39)35(34(40)19-28)36(41,42)44-29-15-16-30(32(38)20-29)26-13-14-27(21-43)31(37)17-26/h2,13-20,22-25H,1,3-12H2. The van der Waals surface area contributed by atoms with E-state index in [-0.39, 0.29) is 22.6 Å². The van der Waals surface area contributed by atoms with Crippen LogP contribution in [0.5, 0.6) is 5.75 Å². The van der Waals surface area contributed by atoms with E-state index in [1.54, 1.807) is 6.07 Å². The van der Waals surface area contributed by atoms with E-state index in [0.717, 1.165) is 68.4 Å². The van der Waals surface area contributed by atoms with E-state index < -0.39 is 40.7 Å². The lowest BCUT2D eigenvalue weighted by molar-refractivity contribution is -0.189. The topological polar surface area (TPSA) is 33.0 Å². The van der Waals surface area contributed by atoms with Crippen molar-refractivity contribution in [3.8, 4) is 22.9 Å². The van der Waals surface area contributed by atoms with Gasteiger partial charge in [0, 0.05) is 11.6 Å². The number of nitriles is 1. The van der Waals surface area contributed by atoms with E-state index >= 15 is 17.6 Å². The highest BCUT2D eigenvalue weighted by molar-refractivity contribution is 5.66. The maximum Gasteiger partial charge on any atom is 0.432 e. The summed E-state index contributed by atoms with van der Waals surface area (Å²) >= 11 is 0.